The van der Waals surface area contributed by atoms with Gasteiger partial charge in [-0.15, -0.1) is 0 Å². The minimum Gasteiger partial charge on any atom is -0.487 e. The number of aliphatic hydroxyl groups is 1. The first kappa shape index (κ1) is 30.7. The highest BCUT2D eigenvalue weighted by atomic mass is 19.4. The molecule has 0 bridgehead atoms. The van der Waals surface area contributed by atoms with Crippen LogP contribution in [0, 0.1) is 11.7 Å². The predicted octanol–water partition coefficient (Wildman–Crippen LogP) is 4.49. The number of fused-ring (bicyclic) bond motifs is 1. The molecular formula is C27H32F4N4O5. The standard InChI is InChI=1S/C27H32F4N4O5/c1-16-13-35(17(2)15-36)25(38)21-12-20(32-24(37)10-11-27(29,30)31)8-9-22(21)40-23(16)14-34(3)26(39)33-19-6-4-18(28)5-7-19/h4-9,12,16-17,23,36H,10-11,13-15H2,1-3H3,(H,32,37)(H,33,39)/t16-,17-,23-/m1/s1. The lowest BCUT2D eigenvalue weighted by Crippen LogP contribution is -2.50. The van der Waals surface area contributed by atoms with E-state index in [0.29, 0.717) is 5.69 Å². The molecule has 1 aliphatic heterocycles. The number of alkyl halides is 3. The Morgan fingerprint density at radius 1 is 1.15 bits per heavy atom. The van der Waals surface area contributed by atoms with Gasteiger partial charge in [0, 0.05) is 37.3 Å². The SMILES string of the molecule is C[C@@H]1CN([C@H](C)CO)C(=O)c2cc(NC(=O)CCC(F)(F)F)ccc2O[C@@H]1CN(C)C(=O)Nc1ccc(F)cc1. The molecule has 3 rings (SSSR count). The fraction of sp³-hybridized carbons (Fsp3) is 0.444. The lowest BCUT2D eigenvalue weighted by Gasteiger charge is -2.38. The van der Waals surface area contributed by atoms with Gasteiger partial charge in [0.2, 0.25) is 5.91 Å². The Morgan fingerprint density at radius 2 is 1.80 bits per heavy atom. The number of hydrogen-bond donors (Lipinski definition) is 3. The molecule has 0 aliphatic carbocycles. The van der Waals surface area contributed by atoms with Crippen molar-refractivity contribution in [1.82, 2.24) is 9.80 Å². The van der Waals surface area contributed by atoms with E-state index in [1.54, 1.807) is 14.0 Å². The van der Waals surface area contributed by atoms with Crippen LogP contribution in [0.2, 0.25) is 0 Å². The summed E-state index contributed by atoms with van der Waals surface area (Å²) in [4.78, 5) is 41.1. The van der Waals surface area contributed by atoms with Crippen LogP contribution < -0.4 is 15.4 Å². The average Bonchev–Trinajstić information content (AvgIpc) is 2.90. The summed E-state index contributed by atoms with van der Waals surface area (Å²) >= 11 is 0. The zero-order chi connectivity index (χ0) is 29.6. The molecule has 0 unspecified atom stereocenters. The first-order valence-corrected chi connectivity index (χ1v) is 12.6. The largest absolute Gasteiger partial charge is 0.487 e. The van der Waals surface area contributed by atoms with E-state index in [-0.39, 0.29) is 42.6 Å². The topological polar surface area (TPSA) is 111 Å². The van der Waals surface area contributed by atoms with Crippen LogP contribution in [0.25, 0.3) is 0 Å². The number of benzene rings is 2. The second-order valence-electron chi connectivity index (χ2n) is 9.81. The number of likely N-dealkylation sites (N-methyl/N-ethyl adjacent to an activating group) is 1. The molecule has 13 heteroatoms. The second-order valence-corrected chi connectivity index (χ2v) is 9.81. The van der Waals surface area contributed by atoms with Crippen molar-refractivity contribution in [2.24, 2.45) is 5.92 Å². The van der Waals surface area contributed by atoms with E-state index in [1.807, 2.05) is 6.92 Å². The molecule has 2 aromatic carbocycles. The van der Waals surface area contributed by atoms with Crippen LogP contribution in [-0.2, 0) is 4.79 Å². The molecule has 40 heavy (non-hydrogen) atoms. The molecule has 1 heterocycles. The number of carbonyl (C=O) groups is 3. The van der Waals surface area contributed by atoms with E-state index in [1.165, 1.54) is 52.3 Å². The summed E-state index contributed by atoms with van der Waals surface area (Å²) in [7, 11) is 1.55. The third-order valence-electron chi connectivity index (χ3n) is 6.48. The normalized spacial score (nSPS) is 18.1. The zero-order valence-corrected chi connectivity index (χ0v) is 22.3. The highest BCUT2D eigenvalue weighted by molar-refractivity contribution is 6.00. The van der Waals surface area contributed by atoms with E-state index in [2.05, 4.69) is 10.6 Å². The van der Waals surface area contributed by atoms with Crippen LogP contribution in [0.5, 0.6) is 5.75 Å². The third-order valence-corrected chi connectivity index (χ3v) is 6.48. The number of halogens is 4. The minimum atomic E-state index is -4.48. The van der Waals surface area contributed by atoms with Gasteiger partial charge < -0.3 is 30.3 Å². The lowest BCUT2D eigenvalue weighted by molar-refractivity contribution is -0.142. The molecule has 0 saturated carbocycles. The van der Waals surface area contributed by atoms with E-state index in [9.17, 15) is 37.1 Å². The lowest BCUT2D eigenvalue weighted by atomic mass is 9.99. The van der Waals surface area contributed by atoms with Gasteiger partial charge in [0.1, 0.15) is 17.7 Å². The zero-order valence-electron chi connectivity index (χ0n) is 22.3. The molecule has 2 aromatic rings. The number of urea groups is 1. The number of nitrogens with one attached hydrogen (secondary N) is 2. The molecule has 3 N–H and O–H groups in total. The molecule has 218 valence electrons. The summed E-state index contributed by atoms with van der Waals surface area (Å²) in [5.74, 6) is -1.94. The van der Waals surface area contributed by atoms with Gasteiger partial charge in [0.05, 0.1) is 31.2 Å². The number of rotatable bonds is 8. The Labute approximate surface area is 229 Å². The fourth-order valence-corrected chi connectivity index (χ4v) is 4.10. The smallest absolute Gasteiger partial charge is 0.389 e. The van der Waals surface area contributed by atoms with Crippen molar-refractivity contribution in [2.75, 3.05) is 37.4 Å². The molecular weight excluding hydrogens is 536 g/mol. The van der Waals surface area contributed by atoms with E-state index >= 15 is 0 Å². The predicted molar refractivity (Wildman–Crippen MR) is 140 cm³/mol. The van der Waals surface area contributed by atoms with E-state index < -0.39 is 54.8 Å². The van der Waals surface area contributed by atoms with Crippen LogP contribution in [0.4, 0.5) is 33.7 Å². The van der Waals surface area contributed by atoms with E-state index in [4.69, 9.17) is 4.74 Å². The molecule has 4 amide bonds. The van der Waals surface area contributed by atoms with Gasteiger partial charge in [-0.3, -0.25) is 9.59 Å². The Balaban J connectivity index is 1.83. The summed E-state index contributed by atoms with van der Waals surface area (Å²) in [5.41, 5.74) is 0.554. The Kier molecular flexibility index (Phi) is 9.96. The molecule has 0 aromatic heterocycles. The minimum absolute atomic E-state index is 0.0456. The van der Waals surface area contributed by atoms with Crippen molar-refractivity contribution in [3.63, 3.8) is 0 Å². The summed E-state index contributed by atoms with van der Waals surface area (Å²) in [6.07, 6.45) is -7.15. The van der Waals surface area contributed by atoms with Crippen molar-refractivity contribution in [2.45, 2.75) is 45.0 Å². The molecule has 0 fully saturated rings. The molecule has 3 atom stereocenters. The van der Waals surface area contributed by atoms with Crippen LogP contribution >= 0.6 is 0 Å². The second kappa shape index (κ2) is 13.0. The van der Waals surface area contributed by atoms with Gasteiger partial charge in [-0.05, 0) is 49.4 Å². The highest BCUT2D eigenvalue weighted by Crippen LogP contribution is 2.31. The van der Waals surface area contributed by atoms with Crippen LogP contribution in [0.15, 0.2) is 42.5 Å². The van der Waals surface area contributed by atoms with Crippen molar-refractivity contribution >= 4 is 29.2 Å². The highest BCUT2D eigenvalue weighted by Gasteiger charge is 2.34. The molecule has 0 saturated heterocycles. The monoisotopic (exact) mass is 568 g/mol. The number of anilines is 2. The summed E-state index contributed by atoms with van der Waals surface area (Å²) in [5, 5.41) is 14.8. The number of carbonyl (C=O) groups excluding carboxylic acids is 3. The quantitative estimate of drug-likeness (QED) is 0.407. The maximum absolute atomic E-state index is 13.5. The summed E-state index contributed by atoms with van der Waals surface area (Å²) in [6, 6.07) is 8.38. The summed E-state index contributed by atoms with van der Waals surface area (Å²) in [6.45, 7) is 3.43. The number of ether oxygens (including phenoxy) is 1. The maximum atomic E-state index is 13.5. The fourth-order valence-electron chi connectivity index (χ4n) is 4.10. The van der Waals surface area contributed by atoms with Gasteiger partial charge in [0.25, 0.3) is 5.91 Å². The molecule has 0 spiro atoms. The van der Waals surface area contributed by atoms with Crippen molar-refractivity contribution in [3.05, 3.63) is 53.8 Å². The van der Waals surface area contributed by atoms with Crippen LogP contribution in [0.3, 0.4) is 0 Å². The van der Waals surface area contributed by atoms with Crippen molar-refractivity contribution in [3.8, 4) is 5.75 Å². The van der Waals surface area contributed by atoms with Gasteiger partial charge >= 0.3 is 12.2 Å². The molecule has 0 radical (unpaired) electrons. The first-order valence-electron chi connectivity index (χ1n) is 12.6. The molecule has 9 nitrogen and oxygen atoms in total. The number of amides is 4. The Bertz CT molecular complexity index is 1210. The van der Waals surface area contributed by atoms with Gasteiger partial charge in [-0.1, -0.05) is 6.92 Å². The van der Waals surface area contributed by atoms with Gasteiger partial charge in [0.15, 0.2) is 0 Å². The van der Waals surface area contributed by atoms with Crippen LogP contribution in [0.1, 0.15) is 37.0 Å². The molecule has 1 aliphatic rings. The van der Waals surface area contributed by atoms with Crippen molar-refractivity contribution < 1.29 is 41.8 Å². The van der Waals surface area contributed by atoms with Gasteiger partial charge in [-0.25, -0.2) is 9.18 Å². The Hall–Kier alpha value is -3.87. The average molecular weight is 569 g/mol. The van der Waals surface area contributed by atoms with Crippen LogP contribution in [-0.4, -0.2) is 77.8 Å². The number of nitrogens with zero attached hydrogens (tertiary/aromatic N) is 2. The third kappa shape index (κ3) is 8.31. The van der Waals surface area contributed by atoms with Gasteiger partial charge in [-0.2, -0.15) is 13.2 Å². The summed E-state index contributed by atoms with van der Waals surface area (Å²) < 4.78 is 56.8. The first-order chi connectivity index (χ1) is 18.8. The number of hydrogen-bond acceptors (Lipinski definition) is 5. The Morgan fingerprint density at radius 3 is 2.42 bits per heavy atom. The van der Waals surface area contributed by atoms with Crippen molar-refractivity contribution in [1.29, 1.82) is 0 Å². The number of aliphatic hydroxyl groups excluding tert-OH is 1. The van der Waals surface area contributed by atoms with E-state index in [0.717, 1.165) is 0 Å². The maximum Gasteiger partial charge on any atom is 0.389 e.